The second-order valence-electron chi connectivity index (χ2n) is 6.86. The standard InChI is InChI=1S/C22H25N3O2/c1-16-7-9-19(10-8-16)25-21(26)18-12-14-23-20(15-18)22(27)24-13-11-17-5-3-2-4-6-17/h5,7-10,12,14-15H,2-4,6,11,13H2,1H3,(H,24,27)(H,25,26). The fourth-order valence-corrected chi connectivity index (χ4v) is 3.09. The second kappa shape index (κ2) is 9.12. The van der Waals surface area contributed by atoms with Crippen molar-refractivity contribution in [3.63, 3.8) is 0 Å². The van der Waals surface area contributed by atoms with E-state index in [1.54, 1.807) is 6.07 Å². The molecule has 0 aliphatic heterocycles. The van der Waals surface area contributed by atoms with Crippen molar-refractivity contribution in [2.75, 3.05) is 11.9 Å². The van der Waals surface area contributed by atoms with Gasteiger partial charge in [0.2, 0.25) is 0 Å². The lowest BCUT2D eigenvalue weighted by atomic mass is 9.97. The highest BCUT2D eigenvalue weighted by molar-refractivity contribution is 6.05. The summed E-state index contributed by atoms with van der Waals surface area (Å²) >= 11 is 0. The lowest BCUT2D eigenvalue weighted by Gasteiger charge is -2.13. The van der Waals surface area contributed by atoms with Crippen molar-refractivity contribution in [3.8, 4) is 0 Å². The van der Waals surface area contributed by atoms with Gasteiger partial charge in [-0.15, -0.1) is 0 Å². The van der Waals surface area contributed by atoms with Gasteiger partial charge in [-0.25, -0.2) is 0 Å². The first-order chi connectivity index (χ1) is 13.1. The Morgan fingerprint density at radius 1 is 1.07 bits per heavy atom. The minimum absolute atomic E-state index is 0.253. The Morgan fingerprint density at radius 3 is 2.63 bits per heavy atom. The summed E-state index contributed by atoms with van der Waals surface area (Å²) in [4.78, 5) is 28.8. The van der Waals surface area contributed by atoms with Gasteiger partial charge < -0.3 is 10.6 Å². The van der Waals surface area contributed by atoms with Crippen molar-refractivity contribution in [3.05, 3.63) is 71.1 Å². The third kappa shape index (κ3) is 5.51. The van der Waals surface area contributed by atoms with Gasteiger partial charge in [-0.2, -0.15) is 0 Å². The van der Waals surface area contributed by atoms with Crippen LogP contribution < -0.4 is 10.6 Å². The van der Waals surface area contributed by atoms with Crippen LogP contribution in [0.2, 0.25) is 0 Å². The molecule has 1 aromatic heterocycles. The normalized spacial score (nSPS) is 13.6. The van der Waals surface area contributed by atoms with Gasteiger partial charge in [-0.05, 0) is 63.3 Å². The molecule has 5 heteroatoms. The minimum atomic E-state index is -0.261. The lowest BCUT2D eigenvalue weighted by Crippen LogP contribution is -2.26. The van der Waals surface area contributed by atoms with Crippen molar-refractivity contribution < 1.29 is 9.59 Å². The number of hydrogen-bond acceptors (Lipinski definition) is 3. The molecule has 0 unspecified atom stereocenters. The highest BCUT2D eigenvalue weighted by atomic mass is 16.2. The predicted octanol–water partition coefficient (Wildman–Crippen LogP) is 4.26. The van der Waals surface area contributed by atoms with Crippen LogP contribution in [0.3, 0.4) is 0 Å². The van der Waals surface area contributed by atoms with E-state index in [2.05, 4.69) is 21.7 Å². The topological polar surface area (TPSA) is 71.1 Å². The zero-order chi connectivity index (χ0) is 19.1. The molecule has 1 aromatic carbocycles. The zero-order valence-electron chi connectivity index (χ0n) is 15.6. The Morgan fingerprint density at radius 2 is 1.89 bits per heavy atom. The smallest absolute Gasteiger partial charge is 0.269 e. The van der Waals surface area contributed by atoms with Crippen molar-refractivity contribution in [1.29, 1.82) is 0 Å². The molecule has 2 aromatic rings. The van der Waals surface area contributed by atoms with E-state index < -0.39 is 0 Å². The number of carbonyl (C=O) groups excluding carboxylic acids is 2. The summed E-state index contributed by atoms with van der Waals surface area (Å²) in [6, 6.07) is 10.7. The quantitative estimate of drug-likeness (QED) is 0.753. The molecule has 5 nitrogen and oxygen atoms in total. The summed E-state index contributed by atoms with van der Waals surface area (Å²) in [7, 11) is 0. The molecule has 2 amide bonds. The molecule has 1 aliphatic rings. The Balaban J connectivity index is 1.57. The van der Waals surface area contributed by atoms with Crippen LogP contribution in [0.4, 0.5) is 5.69 Å². The molecule has 0 bridgehead atoms. The van der Waals surface area contributed by atoms with Gasteiger partial charge in [-0.1, -0.05) is 29.3 Å². The zero-order valence-corrected chi connectivity index (χ0v) is 15.6. The molecule has 1 aliphatic carbocycles. The van der Waals surface area contributed by atoms with E-state index >= 15 is 0 Å². The first-order valence-corrected chi connectivity index (χ1v) is 9.42. The molecule has 27 heavy (non-hydrogen) atoms. The van der Waals surface area contributed by atoms with E-state index in [9.17, 15) is 9.59 Å². The summed E-state index contributed by atoms with van der Waals surface area (Å²) in [6.45, 7) is 2.58. The molecular weight excluding hydrogens is 338 g/mol. The molecule has 0 fully saturated rings. The monoisotopic (exact) mass is 363 g/mol. The lowest BCUT2D eigenvalue weighted by molar-refractivity contribution is 0.0949. The van der Waals surface area contributed by atoms with Crippen molar-refractivity contribution in [2.45, 2.75) is 39.0 Å². The SMILES string of the molecule is Cc1ccc(NC(=O)c2ccnc(C(=O)NCCC3=CCCCC3)c2)cc1. The maximum absolute atomic E-state index is 12.4. The van der Waals surface area contributed by atoms with Crippen LogP contribution in [-0.4, -0.2) is 23.3 Å². The summed E-state index contributed by atoms with van der Waals surface area (Å²) in [5.41, 5.74) is 3.92. The Hall–Kier alpha value is -2.95. The summed E-state index contributed by atoms with van der Waals surface area (Å²) in [6.07, 6.45) is 9.41. The fraction of sp³-hybridized carbons (Fsp3) is 0.318. The Bertz CT molecular complexity index is 841. The molecular formula is C22H25N3O2. The van der Waals surface area contributed by atoms with E-state index in [-0.39, 0.29) is 17.5 Å². The molecule has 3 rings (SSSR count). The average Bonchev–Trinajstić information content (AvgIpc) is 2.70. The third-order valence-electron chi connectivity index (χ3n) is 4.68. The number of amides is 2. The number of hydrogen-bond donors (Lipinski definition) is 2. The highest BCUT2D eigenvalue weighted by Crippen LogP contribution is 2.19. The molecule has 0 saturated heterocycles. The van der Waals surface area contributed by atoms with Crippen molar-refractivity contribution in [2.24, 2.45) is 0 Å². The number of allylic oxidation sites excluding steroid dienone is 1. The first-order valence-electron chi connectivity index (χ1n) is 9.42. The maximum atomic E-state index is 12.4. The summed E-state index contributed by atoms with van der Waals surface area (Å²) < 4.78 is 0. The second-order valence-corrected chi connectivity index (χ2v) is 6.86. The van der Waals surface area contributed by atoms with Gasteiger partial charge in [0.15, 0.2) is 0 Å². The number of aromatic nitrogens is 1. The van der Waals surface area contributed by atoms with Crippen molar-refractivity contribution in [1.82, 2.24) is 10.3 Å². The first kappa shape index (κ1) is 18.8. The van der Waals surface area contributed by atoms with E-state index in [0.29, 0.717) is 17.8 Å². The van der Waals surface area contributed by atoms with Crippen LogP contribution in [0.25, 0.3) is 0 Å². The molecule has 0 atom stereocenters. The number of anilines is 1. The van der Waals surface area contributed by atoms with E-state index in [1.807, 2.05) is 31.2 Å². The van der Waals surface area contributed by atoms with Crippen LogP contribution in [-0.2, 0) is 0 Å². The average molecular weight is 363 g/mol. The molecule has 0 spiro atoms. The van der Waals surface area contributed by atoms with E-state index in [0.717, 1.165) is 24.8 Å². The van der Waals surface area contributed by atoms with Crippen molar-refractivity contribution >= 4 is 17.5 Å². The number of pyridine rings is 1. The molecule has 2 N–H and O–H groups in total. The van der Waals surface area contributed by atoms with Gasteiger partial charge in [-0.3, -0.25) is 14.6 Å². The van der Waals surface area contributed by atoms with E-state index in [1.165, 1.54) is 30.7 Å². The number of rotatable bonds is 6. The number of aryl methyl sites for hydroxylation is 1. The van der Waals surface area contributed by atoms with Crippen LogP contribution in [0.1, 0.15) is 58.5 Å². The number of nitrogens with zero attached hydrogens (tertiary/aromatic N) is 1. The predicted molar refractivity (Wildman–Crippen MR) is 107 cm³/mol. The summed E-state index contributed by atoms with van der Waals surface area (Å²) in [5.74, 6) is -0.515. The Kier molecular flexibility index (Phi) is 6.36. The van der Waals surface area contributed by atoms with Crippen LogP contribution in [0, 0.1) is 6.92 Å². The summed E-state index contributed by atoms with van der Waals surface area (Å²) in [5, 5.41) is 5.73. The molecule has 140 valence electrons. The highest BCUT2D eigenvalue weighted by Gasteiger charge is 2.12. The third-order valence-corrected chi connectivity index (χ3v) is 4.68. The van der Waals surface area contributed by atoms with Gasteiger partial charge in [0.1, 0.15) is 5.69 Å². The van der Waals surface area contributed by atoms with Gasteiger partial charge in [0, 0.05) is 24.0 Å². The minimum Gasteiger partial charge on any atom is -0.350 e. The fourth-order valence-electron chi connectivity index (χ4n) is 3.09. The van der Waals surface area contributed by atoms with Crippen LogP contribution in [0.5, 0.6) is 0 Å². The van der Waals surface area contributed by atoms with Gasteiger partial charge in [0.05, 0.1) is 0 Å². The number of carbonyl (C=O) groups is 2. The number of nitrogens with one attached hydrogen (secondary N) is 2. The van der Waals surface area contributed by atoms with Gasteiger partial charge in [0.25, 0.3) is 11.8 Å². The van der Waals surface area contributed by atoms with Crippen LogP contribution in [0.15, 0.2) is 54.2 Å². The molecule has 0 radical (unpaired) electrons. The van der Waals surface area contributed by atoms with Gasteiger partial charge >= 0.3 is 0 Å². The molecule has 0 saturated carbocycles. The largest absolute Gasteiger partial charge is 0.350 e. The maximum Gasteiger partial charge on any atom is 0.269 e. The van der Waals surface area contributed by atoms with Crippen LogP contribution >= 0.6 is 0 Å². The number of benzene rings is 1. The Labute approximate surface area is 159 Å². The molecule has 1 heterocycles. The van der Waals surface area contributed by atoms with E-state index in [4.69, 9.17) is 0 Å².